The molecule has 4 rings (SSSR count). The number of amides is 1. The lowest BCUT2D eigenvalue weighted by Gasteiger charge is -2.34. The van der Waals surface area contributed by atoms with Crippen LogP contribution in [0.5, 0.6) is 0 Å². The summed E-state index contributed by atoms with van der Waals surface area (Å²) in [5.41, 5.74) is 1.09. The largest absolute Gasteiger partial charge is 0.335 e. The summed E-state index contributed by atoms with van der Waals surface area (Å²) in [6.07, 6.45) is 4.24. The van der Waals surface area contributed by atoms with E-state index in [0.717, 1.165) is 49.8 Å². The molecule has 0 saturated carbocycles. The van der Waals surface area contributed by atoms with Crippen molar-refractivity contribution in [3.8, 4) is 0 Å². The standard InChI is InChI=1S/C19H24N4OS/c24-19(18-7-6-17(25-18)16-5-3-9-21-16)23-12-10-22(11-13-23)14-15-4-1-2-8-20-15/h1-2,4,6-8,16,21H,3,5,9-14H2. The van der Waals surface area contributed by atoms with Crippen LogP contribution in [0.4, 0.5) is 0 Å². The average Bonchev–Trinajstić information content (AvgIpc) is 3.34. The van der Waals surface area contributed by atoms with Gasteiger partial charge >= 0.3 is 0 Å². The quantitative estimate of drug-likeness (QED) is 0.915. The van der Waals surface area contributed by atoms with Crippen molar-refractivity contribution < 1.29 is 4.79 Å². The van der Waals surface area contributed by atoms with E-state index in [1.807, 2.05) is 29.3 Å². The summed E-state index contributed by atoms with van der Waals surface area (Å²) in [4.78, 5) is 23.7. The van der Waals surface area contributed by atoms with E-state index in [1.54, 1.807) is 11.3 Å². The van der Waals surface area contributed by atoms with E-state index >= 15 is 0 Å². The Hall–Kier alpha value is -1.76. The van der Waals surface area contributed by atoms with Crippen LogP contribution >= 0.6 is 11.3 Å². The maximum absolute atomic E-state index is 12.8. The number of nitrogens with zero attached hydrogens (tertiary/aromatic N) is 3. The van der Waals surface area contributed by atoms with E-state index in [0.29, 0.717) is 6.04 Å². The van der Waals surface area contributed by atoms with Gasteiger partial charge in [-0.1, -0.05) is 6.07 Å². The summed E-state index contributed by atoms with van der Waals surface area (Å²) in [6, 6.07) is 10.6. The molecule has 1 amide bonds. The minimum Gasteiger partial charge on any atom is -0.335 e. The van der Waals surface area contributed by atoms with Crippen molar-refractivity contribution in [3.05, 3.63) is 52.0 Å². The van der Waals surface area contributed by atoms with Crippen LogP contribution in [-0.4, -0.2) is 53.4 Å². The molecule has 2 aliphatic rings. The first kappa shape index (κ1) is 16.7. The van der Waals surface area contributed by atoms with Crippen LogP contribution in [0.15, 0.2) is 36.5 Å². The summed E-state index contributed by atoms with van der Waals surface area (Å²) in [6.45, 7) is 5.35. The highest BCUT2D eigenvalue weighted by Gasteiger charge is 2.25. The molecule has 2 fully saturated rings. The van der Waals surface area contributed by atoms with Crippen molar-refractivity contribution in [1.29, 1.82) is 0 Å². The van der Waals surface area contributed by atoms with Crippen molar-refractivity contribution in [1.82, 2.24) is 20.1 Å². The zero-order valence-corrected chi connectivity index (χ0v) is 15.2. The summed E-state index contributed by atoms with van der Waals surface area (Å²) in [5.74, 6) is 0.187. The van der Waals surface area contributed by atoms with Crippen LogP contribution in [0.3, 0.4) is 0 Å². The van der Waals surface area contributed by atoms with Gasteiger partial charge in [0.1, 0.15) is 0 Å². The molecular weight excluding hydrogens is 332 g/mol. The first-order chi connectivity index (χ1) is 12.3. The average molecular weight is 356 g/mol. The molecule has 1 N–H and O–H groups in total. The van der Waals surface area contributed by atoms with Gasteiger partial charge < -0.3 is 10.2 Å². The van der Waals surface area contributed by atoms with E-state index in [9.17, 15) is 4.79 Å². The van der Waals surface area contributed by atoms with Crippen LogP contribution in [0.25, 0.3) is 0 Å². The summed E-state index contributed by atoms with van der Waals surface area (Å²) in [7, 11) is 0. The molecule has 4 heterocycles. The van der Waals surface area contributed by atoms with Crippen LogP contribution in [0.1, 0.15) is 39.1 Å². The Balaban J connectivity index is 1.32. The number of nitrogens with one attached hydrogen (secondary N) is 1. The predicted octanol–water partition coefficient (Wildman–Crippen LogP) is 2.53. The van der Waals surface area contributed by atoms with Crippen LogP contribution < -0.4 is 5.32 Å². The van der Waals surface area contributed by atoms with Crippen LogP contribution in [0.2, 0.25) is 0 Å². The second kappa shape index (κ2) is 7.64. The number of hydrogen-bond acceptors (Lipinski definition) is 5. The van der Waals surface area contributed by atoms with Crippen molar-refractivity contribution >= 4 is 17.2 Å². The van der Waals surface area contributed by atoms with E-state index in [2.05, 4.69) is 27.3 Å². The molecule has 5 nitrogen and oxygen atoms in total. The van der Waals surface area contributed by atoms with Gasteiger partial charge in [-0.05, 0) is 43.7 Å². The highest BCUT2D eigenvalue weighted by molar-refractivity contribution is 7.14. The number of rotatable bonds is 4. The second-order valence-electron chi connectivity index (χ2n) is 6.74. The Morgan fingerprint density at radius 3 is 2.80 bits per heavy atom. The molecule has 1 atom stereocenters. The fourth-order valence-electron chi connectivity index (χ4n) is 3.57. The van der Waals surface area contributed by atoms with Gasteiger partial charge in [0.15, 0.2) is 0 Å². The first-order valence-corrected chi connectivity index (χ1v) is 9.86. The zero-order chi connectivity index (χ0) is 17.1. The molecule has 2 aromatic heterocycles. The molecule has 2 aliphatic heterocycles. The number of hydrogen-bond donors (Lipinski definition) is 1. The fourth-order valence-corrected chi connectivity index (χ4v) is 4.65. The predicted molar refractivity (Wildman–Crippen MR) is 99.7 cm³/mol. The third kappa shape index (κ3) is 3.92. The maximum Gasteiger partial charge on any atom is 0.264 e. The molecule has 1 unspecified atom stereocenters. The summed E-state index contributed by atoms with van der Waals surface area (Å²) < 4.78 is 0. The highest BCUT2D eigenvalue weighted by Crippen LogP contribution is 2.30. The molecule has 0 spiro atoms. The van der Waals surface area contributed by atoms with E-state index in [1.165, 1.54) is 17.7 Å². The normalized spacial score (nSPS) is 21.6. The highest BCUT2D eigenvalue weighted by atomic mass is 32.1. The Kier molecular flexibility index (Phi) is 5.10. The molecule has 0 aromatic carbocycles. The van der Waals surface area contributed by atoms with Crippen LogP contribution in [0, 0.1) is 0 Å². The van der Waals surface area contributed by atoms with Crippen molar-refractivity contribution in [2.24, 2.45) is 0 Å². The van der Waals surface area contributed by atoms with Gasteiger partial charge in [-0.25, -0.2) is 0 Å². The molecule has 0 aliphatic carbocycles. The number of aromatic nitrogens is 1. The molecule has 2 saturated heterocycles. The van der Waals surface area contributed by atoms with E-state index in [-0.39, 0.29) is 5.91 Å². The molecule has 6 heteroatoms. The SMILES string of the molecule is O=C(c1ccc(C2CCCN2)s1)N1CCN(Cc2ccccn2)CC1. The zero-order valence-electron chi connectivity index (χ0n) is 14.4. The van der Waals surface area contributed by atoms with E-state index in [4.69, 9.17) is 0 Å². The number of piperazine rings is 1. The van der Waals surface area contributed by atoms with Gasteiger partial charge in [-0.3, -0.25) is 14.7 Å². The van der Waals surface area contributed by atoms with Crippen molar-refractivity contribution in [2.75, 3.05) is 32.7 Å². The molecular formula is C19H24N4OS. The lowest BCUT2D eigenvalue weighted by atomic mass is 10.2. The van der Waals surface area contributed by atoms with Gasteiger partial charge in [0, 0.05) is 49.8 Å². The minimum atomic E-state index is 0.187. The van der Waals surface area contributed by atoms with Crippen molar-refractivity contribution in [3.63, 3.8) is 0 Å². The lowest BCUT2D eigenvalue weighted by molar-refractivity contribution is 0.0632. The topological polar surface area (TPSA) is 48.5 Å². The molecule has 132 valence electrons. The number of carbonyl (C=O) groups is 1. The Bertz CT molecular complexity index is 703. The van der Waals surface area contributed by atoms with Gasteiger partial charge in [-0.2, -0.15) is 0 Å². The lowest BCUT2D eigenvalue weighted by Crippen LogP contribution is -2.48. The monoisotopic (exact) mass is 356 g/mol. The minimum absolute atomic E-state index is 0.187. The Morgan fingerprint density at radius 2 is 2.08 bits per heavy atom. The first-order valence-electron chi connectivity index (χ1n) is 9.04. The molecule has 0 bridgehead atoms. The van der Waals surface area contributed by atoms with Gasteiger partial charge in [0.05, 0.1) is 10.6 Å². The fraction of sp³-hybridized carbons (Fsp3) is 0.474. The van der Waals surface area contributed by atoms with Gasteiger partial charge in [0.2, 0.25) is 0 Å². The van der Waals surface area contributed by atoms with Crippen molar-refractivity contribution in [2.45, 2.75) is 25.4 Å². The molecule has 0 radical (unpaired) electrons. The number of pyridine rings is 1. The summed E-state index contributed by atoms with van der Waals surface area (Å²) in [5, 5.41) is 3.51. The molecule has 25 heavy (non-hydrogen) atoms. The maximum atomic E-state index is 12.8. The van der Waals surface area contributed by atoms with Crippen LogP contribution in [-0.2, 0) is 6.54 Å². The van der Waals surface area contributed by atoms with E-state index < -0.39 is 0 Å². The van der Waals surface area contributed by atoms with Gasteiger partial charge in [0.25, 0.3) is 5.91 Å². The Morgan fingerprint density at radius 1 is 1.20 bits per heavy atom. The third-order valence-corrected chi connectivity index (χ3v) is 6.20. The number of carbonyl (C=O) groups excluding carboxylic acids is 1. The molecule has 2 aromatic rings. The second-order valence-corrected chi connectivity index (χ2v) is 7.86. The summed E-state index contributed by atoms with van der Waals surface area (Å²) >= 11 is 1.66. The Labute approximate surface area is 152 Å². The number of thiophene rings is 1. The third-order valence-electron chi connectivity index (χ3n) is 5.01. The smallest absolute Gasteiger partial charge is 0.264 e. The van der Waals surface area contributed by atoms with Gasteiger partial charge in [-0.15, -0.1) is 11.3 Å².